The number of aliphatic hydroxyl groups is 1. The highest BCUT2D eigenvalue weighted by Gasteiger charge is 2.10. The van der Waals surface area contributed by atoms with Crippen LogP contribution in [0.15, 0.2) is 6.07 Å². The molecule has 0 spiro atoms. The van der Waals surface area contributed by atoms with Crippen molar-refractivity contribution in [3.63, 3.8) is 0 Å². The van der Waals surface area contributed by atoms with Gasteiger partial charge in [0.05, 0.1) is 5.69 Å². The highest BCUT2D eigenvalue weighted by molar-refractivity contribution is 5.92. The predicted octanol–water partition coefficient (Wildman–Crippen LogP) is -0.159. The Hall–Kier alpha value is -1.36. The summed E-state index contributed by atoms with van der Waals surface area (Å²) >= 11 is 0. The van der Waals surface area contributed by atoms with E-state index in [1.807, 2.05) is 6.92 Å². The molecule has 1 heterocycles. The van der Waals surface area contributed by atoms with Gasteiger partial charge in [0.1, 0.15) is 5.69 Å². The first-order valence-corrected chi connectivity index (χ1v) is 4.55. The van der Waals surface area contributed by atoms with Gasteiger partial charge in [0.15, 0.2) is 0 Å². The lowest BCUT2D eigenvalue weighted by Gasteiger charge is -2.03. The lowest BCUT2D eigenvalue weighted by molar-refractivity contribution is 0.0942. The molecule has 1 amide bonds. The summed E-state index contributed by atoms with van der Waals surface area (Å²) in [5.74, 6) is -0.151. The highest BCUT2D eigenvalue weighted by atomic mass is 16.3. The molecule has 0 aliphatic heterocycles. The van der Waals surface area contributed by atoms with E-state index in [2.05, 4.69) is 10.4 Å². The van der Waals surface area contributed by atoms with Gasteiger partial charge in [0, 0.05) is 20.2 Å². The van der Waals surface area contributed by atoms with Crippen molar-refractivity contribution in [1.82, 2.24) is 15.1 Å². The van der Waals surface area contributed by atoms with E-state index in [4.69, 9.17) is 5.11 Å². The molecule has 2 N–H and O–H groups in total. The third kappa shape index (κ3) is 2.56. The summed E-state index contributed by atoms with van der Waals surface area (Å²) in [5, 5.41) is 15.3. The van der Waals surface area contributed by atoms with E-state index in [1.54, 1.807) is 17.8 Å². The molecule has 0 radical (unpaired) electrons. The van der Waals surface area contributed by atoms with E-state index < -0.39 is 0 Å². The summed E-state index contributed by atoms with van der Waals surface area (Å²) < 4.78 is 1.55. The van der Waals surface area contributed by atoms with Crippen LogP contribution in [0.25, 0.3) is 0 Å². The van der Waals surface area contributed by atoms with E-state index in [1.165, 1.54) is 0 Å². The summed E-state index contributed by atoms with van der Waals surface area (Å²) in [5.41, 5.74) is 1.36. The molecule has 0 atom stereocenters. The van der Waals surface area contributed by atoms with Crippen molar-refractivity contribution in [2.24, 2.45) is 7.05 Å². The van der Waals surface area contributed by atoms with Crippen molar-refractivity contribution in [3.8, 4) is 0 Å². The molecular weight excluding hydrogens is 182 g/mol. The average molecular weight is 197 g/mol. The topological polar surface area (TPSA) is 67.2 Å². The van der Waals surface area contributed by atoms with Crippen LogP contribution in [0.3, 0.4) is 0 Å². The van der Waals surface area contributed by atoms with Gasteiger partial charge in [-0.05, 0) is 19.4 Å². The molecule has 5 heteroatoms. The fourth-order valence-electron chi connectivity index (χ4n) is 1.19. The maximum Gasteiger partial charge on any atom is 0.269 e. The van der Waals surface area contributed by atoms with Gasteiger partial charge in [-0.3, -0.25) is 9.48 Å². The molecule has 78 valence electrons. The van der Waals surface area contributed by atoms with Crippen LogP contribution in [0.1, 0.15) is 22.6 Å². The van der Waals surface area contributed by atoms with Crippen LogP contribution < -0.4 is 5.32 Å². The summed E-state index contributed by atoms with van der Waals surface area (Å²) in [4.78, 5) is 11.5. The molecule has 0 bridgehead atoms. The summed E-state index contributed by atoms with van der Waals surface area (Å²) in [6.07, 6.45) is 0.572. The van der Waals surface area contributed by atoms with Crippen molar-refractivity contribution in [1.29, 1.82) is 0 Å². The normalized spacial score (nSPS) is 10.2. The quantitative estimate of drug-likeness (QED) is 0.659. The number of aryl methyl sites for hydroxylation is 2. The first-order chi connectivity index (χ1) is 6.65. The average Bonchev–Trinajstić information content (AvgIpc) is 2.45. The van der Waals surface area contributed by atoms with Crippen LogP contribution in [0.4, 0.5) is 0 Å². The van der Waals surface area contributed by atoms with E-state index >= 15 is 0 Å². The third-order valence-electron chi connectivity index (χ3n) is 1.86. The number of aliphatic hydroxyl groups excluding tert-OH is 1. The van der Waals surface area contributed by atoms with Gasteiger partial charge in [0.2, 0.25) is 0 Å². The smallest absolute Gasteiger partial charge is 0.269 e. The van der Waals surface area contributed by atoms with Crippen LogP contribution in [-0.4, -0.2) is 33.9 Å². The minimum Gasteiger partial charge on any atom is -0.396 e. The molecule has 1 aromatic heterocycles. The number of hydrogen-bond acceptors (Lipinski definition) is 3. The number of amides is 1. The molecule has 0 saturated heterocycles. The summed E-state index contributed by atoms with van der Waals surface area (Å²) in [7, 11) is 1.73. The lowest BCUT2D eigenvalue weighted by atomic mass is 10.3. The number of rotatable bonds is 4. The number of nitrogens with one attached hydrogen (secondary N) is 1. The number of carbonyl (C=O) groups excluding carboxylic acids is 1. The van der Waals surface area contributed by atoms with Gasteiger partial charge in [-0.15, -0.1) is 0 Å². The van der Waals surface area contributed by atoms with Gasteiger partial charge in [-0.1, -0.05) is 0 Å². The maximum atomic E-state index is 11.5. The molecule has 1 rings (SSSR count). The molecular formula is C9H15N3O2. The third-order valence-corrected chi connectivity index (χ3v) is 1.86. The molecule has 0 unspecified atom stereocenters. The zero-order valence-corrected chi connectivity index (χ0v) is 8.45. The van der Waals surface area contributed by atoms with Crippen LogP contribution in [0.2, 0.25) is 0 Å². The van der Waals surface area contributed by atoms with Gasteiger partial charge in [-0.25, -0.2) is 0 Å². The lowest BCUT2D eigenvalue weighted by Crippen LogP contribution is -2.26. The fourth-order valence-corrected chi connectivity index (χ4v) is 1.19. The van der Waals surface area contributed by atoms with E-state index in [0.717, 1.165) is 5.69 Å². The second-order valence-electron chi connectivity index (χ2n) is 3.13. The second-order valence-corrected chi connectivity index (χ2v) is 3.13. The van der Waals surface area contributed by atoms with E-state index in [-0.39, 0.29) is 12.5 Å². The zero-order chi connectivity index (χ0) is 10.6. The first kappa shape index (κ1) is 10.7. The molecule has 1 aromatic rings. The number of aromatic nitrogens is 2. The Labute approximate surface area is 82.7 Å². The van der Waals surface area contributed by atoms with Gasteiger partial charge in [-0.2, -0.15) is 5.10 Å². The number of hydrogen-bond donors (Lipinski definition) is 2. The van der Waals surface area contributed by atoms with E-state index in [9.17, 15) is 4.79 Å². The van der Waals surface area contributed by atoms with Crippen LogP contribution in [-0.2, 0) is 7.05 Å². The molecule has 0 saturated carbocycles. The van der Waals surface area contributed by atoms with Crippen LogP contribution >= 0.6 is 0 Å². The molecule has 0 aromatic carbocycles. The minimum atomic E-state index is -0.151. The van der Waals surface area contributed by atoms with Crippen molar-refractivity contribution in [3.05, 3.63) is 17.5 Å². The summed E-state index contributed by atoms with van der Waals surface area (Å²) in [6, 6.07) is 1.73. The maximum absolute atomic E-state index is 11.5. The zero-order valence-electron chi connectivity index (χ0n) is 8.45. The SMILES string of the molecule is Cc1cc(C(=O)NCCCO)n(C)n1. The Morgan fingerprint density at radius 3 is 2.93 bits per heavy atom. The highest BCUT2D eigenvalue weighted by Crippen LogP contribution is 2.00. The molecule has 0 aliphatic carbocycles. The van der Waals surface area contributed by atoms with Crippen LogP contribution in [0, 0.1) is 6.92 Å². The Bertz CT molecular complexity index is 320. The largest absolute Gasteiger partial charge is 0.396 e. The second kappa shape index (κ2) is 4.76. The number of carbonyl (C=O) groups is 1. The van der Waals surface area contributed by atoms with E-state index in [0.29, 0.717) is 18.7 Å². The van der Waals surface area contributed by atoms with Crippen molar-refractivity contribution in [2.75, 3.05) is 13.2 Å². The Kier molecular flexibility index (Phi) is 3.64. The molecule has 0 fully saturated rings. The fraction of sp³-hybridized carbons (Fsp3) is 0.556. The van der Waals surface area contributed by atoms with Crippen molar-refractivity contribution < 1.29 is 9.90 Å². The van der Waals surface area contributed by atoms with Gasteiger partial charge < -0.3 is 10.4 Å². The Balaban J connectivity index is 2.56. The van der Waals surface area contributed by atoms with Crippen molar-refractivity contribution in [2.45, 2.75) is 13.3 Å². The van der Waals surface area contributed by atoms with Gasteiger partial charge >= 0.3 is 0 Å². The van der Waals surface area contributed by atoms with Crippen LogP contribution in [0.5, 0.6) is 0 Å². The molecule has 14 heavy (non-hydrogen) atoms. The minimum absolute atomic E-state index is 0.0880. The molecule has 0 aliphatic rings. The monoisotopic (exact) mass is 197 g/mol. The Morgan fingerprint density at radius 2 is 2.43 bits per heavy atom. The Morgan fingerprint density at radius 1 is 1.71 bits per heavy atom. The molecule has 5 nitrogen and oxygen atoms in total. The standard InChI is InChI=1S/C9H15N3O2/c1-7-6-8(12(2)11-7)9(14)10-4-3-5-13/h6,13H,3-5H2,1-2H3,(H,10,14). The first-order valence-electron chi connectivity index (χ1n) is 4.55. The predicted molar refractivity (Wildman–Crippen MR) is 52.0 cm³/mol. The van der Waals surface area contributed by atoms with Crippen molar-refractivity contribution >= 4 is 5.91 Å². The summed E-state index contributed by atoms with van der Waals surface area (Å²) in [6.45, 7) is 2.41. The number of nitrogens with zero attached hydrogens (tertiary/aromatic N) is 2. The van der Waals surface area contributed by atoms with Gasteiger partial charge in [0.25, 0.3) is 5.91 Å².